The molecule has 0 saturated carbocycles. The van der Waals surface area contributed by atoms with Gasteiger partial charge < -0.3 is 9.47 Å². The zero-order valence-electron chi connectivity index (χ0n) is 12.9. The molecule has 0 aromatic heterocycles. The van der Waals surface area contributed by atoms with Crippen LogP contribution in [-0.2, 0) is 8.82 Å². The normalized spacial score (nSPS) is 24.9. The van der Waals surface area contributed by atoms with E-state index in [2.05, 4.69) is 25.1 Å². The van der Waals surface area contributed by atoms with Crippen LogP contribution >= 0.6 is 23.5 Å². The maximum atomic E-state index is 5.84. The third-order valence-electron chi connectivity index (χ3n) is 3.75. The van der Waals surface area contributed by atoms with Gasteiger partial charge in [0.15, 0.2) is 6.29 Å². The number of benzene rings is 1. The molecule has 0 N–H and O–H groups in total. The van der Waals surface area contributed by atoms with E-state index in [0.717, 1.165) is 25.2 Å². The zero-order chi connectivity index (χ0) is 13.8. The summed E-state index contributed by atoms with van der Waals surface area (Å²) in [6.45, 7) is 3.13. The first-order chi connectivity index (χ1) is 9.76. The Balaban J connectivity index is 0.00000161. The molecule has 1 atom stereocenters. The Hall–Kier alpha value is 0.277. The van der Waals surface area contributed by atoms with E-state index in [1.165, 1.54) is 29.9 Å². The number of thioether (sulfide) groups is 2. The van der Waals surface area contributed by atoms with Crippen LogP contribution in [0.5, 0.6) is 5.75 Å². The van der Waals surface area contributed by atoms with E-state index < -0.39 is 0 Å². The molecule has 0 bridgehead atoms. The summed E-state index contributed by atoms with van der Waals surface area (Å²) >= 11 is 4.08. The van der Waals surface area contributed by atoms with E-state index in [0.29, 0.717) is 0 Å². The van der Waals surface area contributed by atoms with Gasteiger partial charge in [-0.3, -0.25) is 0 Å². The minimum absolute atomic E-state index is 0. The van der Waals surface area contributed by atoms with Gasteiger partial charge in [0.2, 0.25) is 0 Å². The molecule has 2 fully saturated rings. The van der Waals surface area contributed by atoms with Crippen molar-refractivity contribution >= 4 is 23.5 Å². The van der Waals surface area contributed by atoms with Crippen LogP contribution in [0.25, 0.3) is 0 Å². The Bertz CT molecular complexity index is 426. The molecule has 2 heterocycles. The molecule has 1 aromatic rings. The first-order valence-corrected chi connectivity index (χ1v) is 9.32. The summed E-state index contributed by atoms with van der Waals surface area (Å²) < 4.78 is 11.6. The van der Waals surface area contributed by atoms with Crippen LogP contribution in [0.2, 0.25) is 0 Å². The predicted octanol–water partition coefficient (Wildman–Crippen LogP) is 1.44. The van der Waals surface area contributed by atoms with Gasteiger partial charge in [-0.1, -0.05) is 0 Å². The number of hydrogen-bond acceptors (Lipinski definition) is 4. The SMILES string of the molecule is CC1(c2c[c-]c(OC3CCCCO3)cc2)SCCCS1.[Li+]. The summed E-state index contributed by atoms with van der Waals surface area (Å²) in [5.74, 6) is 3.30. The third kappa shape index (κ3) is 4.62. The Labute approximate surface area is 148 Å². The van der Waals surface area contributed by atoms with Gasteiger partial charge in [0.05, 0.1) is 6.61 Å². The van der Waals surface area contributed by atoms with E-state index in [-0.39, 0.29) is 29.2 Å². The molecule has 0 aliphatic carbocycles. The first kappa shape index (κ1) is 17.6. The molecule has 2 saturated heterocycles. The molecular weight excluding hydrogens is 295 g/mol. The quantitative estimate of drug-likeness (QED) is 0.620. The summed E-state index contributed by atoms with van der Waals surface area (Å²) in [5.41, 5.74) is 1.34. The number of rotatable bonds is 3. The smallest absolute Gasteiger partial charge is 0.491 e. The Kier molecular flexibility index (Phi) is 6.90. The minimum atomic E-state index is -0.0835. The van der Waals surface area contributed by atoms with Crippen LogP contribution in [0.3, 0.4) is 0 Å². The molecule has 0 amide bonds. The van der Waals surface area contributed by atoms with E-state index in [9.17, 15) is 0 Å². The van der Waals surface area contributed by atoms with Gasteiger partial charge in [-0.25, -0.2) is 0 Å². The molecule has 0 radical (unpaired) electrons. The second-order valence-corrected chi connectivity index (χ2v) is 8.64. The average molecular weight is 316 g/mol. The van der Waals surface area contributed by atoms with Crippen LogP contribution in [0.4, 0.5) is 0 Å². The second-order valence-electron chi connectivity index (χ2n) is 5.35. The maximum absolute atomic E-state index is 5.84. The van der Waals surface area contributed by atoms with Crippen molar-refractivity contribution < 1.29 is 28.3 Å². The van der Waals surface area contributed by atoms with Crippen molar-refractivity contribution in [1.82, 2.24) is 0 Å². The monoisotopic (exact) mass is 316 g/mol. The van der Waals surface area contributed by atoms with E-state index >= 15 is 0 Å². The molecule has 3 rings (SSSR count). The maximum Gasteiger partial charge on any atom is 1.00 e. The van der Waals surface area contributed by atoms with Crippen LogP contribution in [0, 0.1) is 6.07 Å². The third-order valence-corrected chi connectivity index (χ3v) is 7.01. The molecule has 2 nitrogen and oxygen atoms in total. The molecule has 2 aliphatic rings. The summed E-state index contributed by atoms with van der Waals surface area (Å²) in [5, 5.41) is 0. The number of ether oxygens (including phenoxy) is 2. The Morgan fingerprint density at radius 3 is 2.67 bits per heavy atom. The summed E-state index contributed by atoms with van der Waals surface area (Å²) in [7, 11) is 0. The Morgan fingerprint density at radius 2 is 2.05 bits per heavy atom. The molecule has 110 valence electrons. The standard InChI is InChI=1S/C16H21O2S2.Li/c1-16(19-11-4-12-20-16)13-6-8-14(9-7-13)18-15-5-2-3-10-17-15;/h6-8,15H,2-5,10-12H2,1H3;/q-1;+1. The van der Waals surface area contributed by atoms with E-state index in [4.69, 9.17) is 9.47 Å². The molecule has 5 heteroatoms. The van der Waals surface area contributed by atoms with Gasteiger partial charge in [-0.05, 0) is 37.7 Å². The van der Waals surface area contributed by atoms with Crippen molar-refractivity contribution in [2.45, 2.75) is 43.0 Å². The van der Waals surface area contributed by atoms with Crippen LogP contribution in [0.15, 0.2) is 18.2 Å². The molecule has 0 spiro atoms. The molecule has 1 aromatic carbocycles. The van der Waals surface area contributed by atoms with Crippen molar-refractivity contribution in [2.24, 2.45) is 0 Å². The largest absolute Gasteiger partial charge is 1.00 e. The summed E-state index contributed by atoms with van der Waals surface area (Å²) in [6, 6.07) is 9.58. The van der Waals surface area contributed by atoms with Crippen molar-refractivity contribution in [1.29, 1.82) is 0 Å². The van der Waals surface area contributed by atoms with Gasteiger partial charge in [0.25, 0.3) is 0 Å². The van der Waals surface area contributed by atoms with Crippen molar-refractivity contribution in [3.63, 3.8) is 0 Å². The van der Waals surface area contributed by atoms with Crippen molar-refractivity contribution in [3.05, 3.63) is 29.8 Å². The number of hydrogen-bond donors (Lipinski definition) is 0. The van der Waals surface area contributed by atoms with Gasteiger partial charge in [0, 0.05) is 16.2 Å². The van der Waals surface area contributed by atoms with Gasteiger partial charge >= 0.3 is 18.9 Å². The molecular formula is C16H21LiO2S2. The van der Waals surface area contributed by atoms with Crippen molar-refractivity contribution in [2.75, 3.05) is 18.1 Å². The zero-order valence-corrected chi connectivity index (χ0v) is 14.5. The second kappa shape index (κ2) is 8.22. The predicted molar refractivity (Wildman–Crippen MR) is 86.4 cm³/mol. The van der Waals surface area contributed by atoms with Crippen LogP contribution in [-0.4, -0.2) is 24.4 Å². The van der Waals surface area contributed by atoms with Crippen LogP contribution in [0.1, 0.15) is 38.2 Å². The van der Waals surface area contributed by atoms with Gasteiger partial charge in [-0.2, -0.15) is 35.7 Å². The van der Waals surface area contributed by atoms with E-state index in [1.807, 2.05) is 29.6 Å². The summed E-state index contributed by atoms with van der Waals surface area (Å²) in [6.07, 6.45) is 4.55. The average Bonchev–Trinajstić information content (AvgIpc) is 2.50. The van der Waals surface area contributed by atoms with Gasteiger partial charge in [0.1, 0.15) is 0 Å². The van der Waals surface area contributed by atoms with Gasteiger partial charge in [-0.15, -0.1) is 17.7 Å². The minimum Gasteiger partial charge on any atom is -0.491 e. The fourth-order valence-electron chi connectivity index (χ4n) is 2.51. The van der Waals surface area contributed by atoms with Crippen molar-refractivity contribution in [3.8, 4) is 5.75 Å². The Morgan fingerprint density at radius 1 is 1.24 bits per heavy atom. The fraction of sp³-hybridized carbons (Fsp3) is 0.625. The molecule has 21 heavy (non-hydrogen) atoms. The summed E-state index contributed by atoms with van der Waals surface area (Å²) in [4.78, 5) is 0. The van der Waals surface area contributed by atoms with E-state index in [1.54, 1.807) is 0 Å². The fourth-order valence-corrected chi connectivity index (χ4v) is 5.47. The topological polar surface area (TPSA) is 18.5 Å². The van der Waals surface area contributed by atoms with Crippen LogP contribution < -0.4 is 23.6 Å². The first-order valence-electron chi connectivity index (χ1n) is 7.35. The molecule has 1 unspecified atom stereocenters. The molecule has 2 aliphatic heterocycles.